The van der Waals surface area contributed by atoms with Crippen LogP contribution in [-0.2, 0) is 0 Å². The largest absolute Gasteiger partial charge is 0.324 e. The van der Waals surface area contributed by atoms with Crippen LogP contribution in [0.15, 0.2) is 89.8 Å². The van der Waals surface area contributed by atoms with Gasteiger partial charge < -0.3 is 4.72 Å². The van der Waals surface area contributed by atoms with Gasteiger partial charge in [0.15, 0.2) is 0 Å². The summed E-state index contributed by atoms with van der Waals surface area (Å²) in [6, 6.07) is 27.1. The number of hydrogen-bond donors (Lipinski definition) is 1. The van der Waals surface area contributed by atoms with Crippen molar-refractivity contribution >= 4 is 46.5 Å². The summed E-state index contributed by atoms with van der Waals surface area (Å²) < 4.78 is 3.27. The minimum atomic E-state index is -0.441. The zero-order valence-electron chi connectivity index (χ0n) is 17.0. The van der Waals surface area contributed by atoms with E-state index in [1.165, 1.54) is 24.1 Å². The highest BCUT2D eigenvalue weighted by Gasteiger charge is 2.15. The Kier molecular flexibility index (Phi) is 6.85. The van der Waals surface area contributed by atoms with Gasteiger partial charge in [0.05, 0.1) is 16.2 Å². The molecule has 8 heteroatoms. The minimum absolute atomic E-state index is 0.0197. The molecule has 0 aliphatic rings. The molecule has 33 heavy (non-hydrogen) atoms. The standard InChI is InChI=1S/C25H15Cl2N3O2S/c26-20-5-1-16(2-6-20)18-13-19(15-28)25(24(14-18)17-3-7-21(27)8-4-17)29-33-23-11-9-22(10-12-23)30(31)32/h1-14,29H. The predicted octanol–water partition coefficient (Wildman–Crippen LogP) is 8.23. The Balaban J connectivity index is 1.77. The summed E-state index contributed by atoms with van der Waals surface area (Å²) in [7, 11) is 0. The molecule has 4 aromatic rings. The summed E-state index contributed by atoms with van der Waals surface area (Å²) in [5.74, 6) is 0. The van der Waals surface area contributed by atoms with E-state index in [-0.39, 0.29) is 5.69 Å². The summed E-state index contributed by atoms with van der Waals surface area (Å²) >= 11 is 13.4. The summed E-state index contributed by atoms with van der Waals surface area (Å²) in [5.41, 5.74) is 4.64. The van der Waals surface area contributed by atoms with Gasteiger partial charge in [0.25, 0.3) is 5.69 Å². The summed E-state index contributed by atoms with van der Waals surface area (Å²) in [6.07, 6.45) is 0. The molecular formula is C25H15Cl2N3O2S. The molecule has 1 N–H and O–H groups in total. The van der Waals surface area contributed by atoms with Crippen molar-refractivity contribution in [2.24, 2.45) is 0 Å². The molecule has 0 heterocycles. The third kappa shape index (κ3) is 5.29. The van der Waals surface area contributed by atoms with Gasteiger partial charge >= 0.3 is 0 Å². The van der Waals surface area contributed by atoms with Gasteiger partial charge in [-0.05, 0) is 77.2 Å². The van der Waals surface area contributed by atoms with Gasteiger partial charge in [-0.1, -0.05) is 47.5 Å². The van der Waals surface area contributed by atoms with Crippen molar-refractivity contribution in [1.82, 2.24) is 0 Å². The molecule has 0 spiro atoms. The lowest BCUT2D eigenvalue weighted by Crippen LogP contribution is -1.96. The molecule has 0 radical (unpaired) electrons. The van der Waals surface area contributed by atoms with Crippen LogP contribution in [0.1, 0.15) is 5.56 Å². The van der Waals surface area contributed by atoms with E-state index in [0.717, 1.165) is 27.1 Å². The van der Waals surface area contributed by atoms with Crippen molar-refractivity contribution in [2.45, 2.75) is 4.90 Å². The van der Waals surface area contributed by atoms with Crippen LogP contribution in [0, 0.1) is 21.4 Å². The Morgan fingerprint density at radius 1 is 0.818 bits per heavy atom. The van der Waals surface area contributed by atoms with Gasteiger partial charge in [0.1, 0.15) is 6.07 Å². The van der Waals surface area contributed by atoms with E-state index in [9.17, 15) is 15.4 Å². The first-order chi connectivity index (χ1) is 15.9. The quantitative estimate of drug-likeness (QED) is 0.167. The zero-order chi connectivity index (χ0) is 23.4. The SMILES string of the molecule is N#Cc1cc(-c2ccc(Cl)cc2)cc(-c2ccc(Cl)cc2)c1NSc1ccc([N+](=O)[O-])cc1. The number of anilines is 1. The number of nitriles is 1. The van der Waals surface area contributed by atoms with E-state index in [4.69, 9.17) is 23.2 Å². The molecule has 0 aliphatic carbocycles. The normalized spacial score (nSPS) is 10.5. The summed E-state index contributed by atoms with van der Waals surface area (Å²) in [6.45, 7) is 0. The topological polar surface area (TPSA) is 79.0 Å². The summed E-state index contributed by atoms with van der Waals surface area (Å²) in [5, 5.41) is 22.1. The molecule has 0 aliphatic heterocycles. The maximum absolute atomic E-state index is 10.9. The Morgan fingerprint density at radius 2 is 1.39 bits per heavy atom. The van der Waals surface area contributed by atoms with E-state index in [2.05, 4.69) is 10.8 Å². The van der Waals surface area contributed by atoms with Crippen LogP contribution in [-0.4, -0.2) is 4.92 Å². The number of nitrogens with zero attached hydrogens (tertiary/aromatic N) is 2. The average Bonchev–Trinajstić information content (AvgIpc) is 2.83. The maximum Gasteiger partial charge on any atom is 0.269 e. The molecule has 0 atom stereocenters. The second-order valence-electron chi connectivity index (χ2n) is 7.03. The number of nitro benzene ring substituents is 1. The van der Waals surface area contributed by atoms with Gasteiger partial charge in [-0.25, -0.2) is 0 Å². The van der Waals surface area contributed by atoms with Crippen molar-refractivity contribution in [1.29, 1.82) is 5.26 Å². The fraction of sp³-hybridized carbons (Fsp3) is 0. The van der Waals surface area contributed by atoms with Crippen LogP contribution in [0.25, 0.3) is 22.3 Å². The Bertz CT molecular complexity index is 1350. The molecule has 0 unspecified atom stereocenters. The number of hydrogen-bond acceptors (Lipinski definition) is 5. The van der Waals surface area contributed by atoms with Crippen LogP contribution in [0.3, 0.4) is 0 Å². The van der Waals surface area contributed by atoms with E-state index in [0.29, 0.717) is 21.3 Å². The molecular weight excluding hydrogens is 477 g/mol. The third-order valence-corrected chi connectivity index (χ3v) is 6.23. The van der Waals surface area contributed by atoms with Crippen molar-refractivity contribution in [2.75, 3.05) is 4.72 Å². The molecule has 0 fully saturated rings. The number of nitrogens with one attached hydrogen (secondary N) is 1. The van der Waals surface area contributed by atoms with Gasteiger partial charge in [-0.2, -0.15) is 5.26 Å². The molecule has 0 saturated carbocycles. The first-order valence-corrected chi connectivity index (χ1v) is 11.3. The second-order valence-corrected chi connectivity index (χ2v) is 8.78. The van der Waals surface area contributed by atoms with E-state index in [1.54, 1.807) is 24.3 Å². The van der Waals surface area contributed by atoms with Crippen molar-refractivity contribution in [3.63, 3.8) is 0 Å². The van der Waals surface area contributed by atoms with Crippen LogP contribution < -0.4 is 4.72 Å². The van der Waals surface area contributed by atoms with E-state index < -0.39 is 4.92 Å². The molecule has 5 nitrogen and oxygen atoms in total. The highest BCUT2D eigenvalue weighted by atomic mass is 35.5. The molecule has 4 rings (SSSR count). The van der Waals surface area contributed by atoms with Crippen molar-refractivity contribution in [3.8, 4) is 28.3 Å². The van der Waals surface area contributed by atoms with Crippen LogP contribution in [0.5, 0.6) is 0 Å². The monoisotopic (exact) mass is 491 g/mol. The van der Waals surface area contributed by atoms with Gasteiger partial charge in [-0.15, -0.1) is 0 Å². The smallest absolute Gasteiger partial charge is 0.269 e. The van der Waals surface area contributed by atoms with Crippen LogP contribution in [0.4, 0.5) is 11.4 Å². The Hall–Kier alpha value is -3.50. The average molecular weight is 492 g/mol. The number of rotatable bonds is 6. The van der Waals surface area contributed by atoms with Crippen LogP contribution >= 0.6 is 35.1 Å². The summed E-state index contributed by atoms with van der Waals surface area (Å²) in [4.78, 5) is 11.2. The van der Waals surface area contributed by atoms with Gasteiger partial charge in [0.2, 0.25) is 0 Å². The van der Waals surface area contributed by atoms with E-state index >= 15 is 0 Å². The van der Waals surface area contributed by atoms with Crippen molar-refractivity contribution < 1.29 is 4.92 Å². The fourth-order valence-electron chi connectivity index (χ4n) is 3.25. The molecule has 0 amide bonds. The van der Waals surface area contributed by atoms with Gasteiger partial charge in [-0.3, -0.25) is 10.1 Å². The fourth-order valence-corrected chi connectivity index (χ4v) is 4.22. The lowest BCUT2D eigenvalue weighted by atomic mass is 9.94. The van der Waals surface area contributed by atoms with Crippen molar-refractivity contribution in [3.05, 3.63) is 111 Å². The highest BCUT2D eigenvalue weighted by Crippen LogP contribution is 2.39. The molecule has 4 aromatic carbocycles. The number of benzene rings is 4. The number of nitro groups is 1. The first-order valence-electron chi connectivity index (χ1n) is 9.72. The minimum Gasteiger partial charge on any atom is -0.324 e. The maximum atomic E-state index is 10.9. The number of non-ortho nitro benzene ring substituents is 1. The third-order valence-electron chi connectivity index (χ3n) is 4.91. The first kappa shape index (κ1) is 22.7. The molecule has 0 saturated heterocycles. The lowest BCUT2D eigenvalue weighted by molar-refractivity contribution is -0.384. The molecule has 162 valence electrons. The van der Waals surface area contributed by atoms with Crippen LogP contribution in [0.2, 0.25) is 10.0 Å². The Morgan fingerprint density at radius 3 is 1.94 bits per heavy atom. The Labute approximate surface area is 204 Å². The molecule has 0 aromatic heterocycles. The van der Waals surface area contributed by atoms with Gasteiger partial charge in [0, 0.05) is 32.6 Å². The predicted molar refractivity (Wildman–Crippen MR) is 135 cm³/mol. The molecule has 0 bridgehead atoms. The second kappa shape index (κ2) is 9.97. The lowest BCUT2D eigenvalue weighted by Gasteiger charge is -2.16. The highest BCUT2D eigenvalue weighted by molar-refractivity contribution is 8.00. The van der Waals surface area contributed by atoms with E-state index in [1.807, 2.05) is 48.5 Å². The zero-order valence-corrected chi connectivity index (χ0v) is 19.3. The number of halogens is 2.